The molecule has 0 amide bonds. The van der Waals surface area contributed by atoms with Gasteiger partial charge in [0.15, 0.2) is 0 Å². The van der Waals surface area contributed by atoms with E-state index in [0.717, 1.165) is 27.7 Å². The molecule has 0 spiro atoms. The van der Waals surface area contributed by atoms with Gasteiger partial charge >= 0.3 is 17.1 Å². The van der Waals surface area contributed by atoms with Crippen LogP contribution < -0.4 is 10.2 Å². The molecule has 0 aliphatic heterocycles. The number of carboxylic acid groups (broad SMARTS) is 4. The molecule has 17 heavy (non-hydrogen) atoms. The van der Waals surface area contributed by atoms with Crippen molar-refractivity contribution >= 4 is 23.9 Å². The predicted molar refractivity (Wildman–Crippen MR) is 48.0 cm³/mol. The molecule has 0 unspecified atom stereocenters. The Morgan fingerprint density at radius 3 is 0.706 bits per heavy atom. The largest absolute Gasteiger partial charge is 2.00 e. The van der Waals surface area contributed by atoms with Gasteiger partial charge in [0.2, 0.25) is 0 Å². The molecule has 0 saturated heterocycles. The molecular formula is C8H14CuO8. The van der Waals surface area contributed by atoms with Crippen LogP contribution in [0.1, 0.15) is 27.7 Å². The van der Waals surface area contributed by atoms with E-state index >= 15 is 0 Å². The van der Waals surface area contributed by atoms with Crippen LogP contribution in [0.2, 0.25) is 0 Å². The summed E-state index contributed by atoms with van der Waals surface area (Å²) in [5.74, 6) is -3.83. The second-order valence-corrected chi connectivity index (χ2v) is 2.02. The molecule has 0 saturated carbocycles. The molecule has 8 nitrogen and oxygen atoms in total. The van der Waals surface area contributed by atoms with Crippen molar-refractivity contribution in [1.82, 2.24) is 0 Å². The third kappa shape index (κ3) is 864. The summed E-state index contributed by atoms with van der Waals surface area (Å²) in [5.41, 5.74) is 0. The Balaban J connectivity index is -0.0000000369. The zero-order valence-electron chi connectivity index (χ0n) is 9.65. The standard InChI is InChI=1S/4C2H4O2.Cu/c4*1-2(3)4;/h4*1H3,(H,3,4);/q;;;;+2/p-2. The molecule has 0 heterocycles. The number of hydrogen-bond donors (Lipinski definition) is 2. The fraction of sp³-hybridized carbons (Fsp3) is 0.500. The van der Waals surface area contributed by atoms with Gasteiger partial charge in [-0.2, -0.15) is 0 Å². The molecule has 0 rings (SSSR count). The van der Waals surface area contributed by atoms with E-state index in [-0.39, 0.29) is 17.1 Å². The van der Waals surface area contributed by atoms with Crippen LogP contribution in [-0.2, 0) is 36.2 Å². The minimum absolute atomic E-state index is 0. The van der Waals surface area contributed by atoms with Crippen molar-refractivity contribution in [1.29, 1.82) is 0 Å². The average molecular weight is 302 g/mol. The second kappa shape index (κ2) is 23.9. The molecule has 0 aromatic heterocycles. The number of carbonyl (C=O) groups excluding carboxylic acids is 2. The molecule has 105 valence electrons. The first-order valence-electron chi connectivity index (χ1n) is 3.67. The topological polar surface area (TPSA) is 155 Å². The van der Waals surface area contributed by atoms with Crippen molar-refractivity contribution in [3.63, 3.8) is 0 Å². The summed E-state index contributed by atoms with van der Waals surface area (Å²) in [6.07, 6.45) is 0. The quantitative estimate of drug-likeness (QED) is 0.473. The van der Waals surface area contributed by atoms with Crippen molar-refractivity contribution in [3.8, 4) is 0 Å². The number of carboxylic acids is 4. The van der Waals surface area contributed by atoms with E-state index in [1.807, 2.05) is 0 Å². The van der Waals surface area contributed by atoms with E-state index in [1.54, 1.807) is 0 Å². The van der Waals surface area contributed by atoms with Crippen molar-refractivity contribution in [2.75, 3.05) is 0 Å². The molecule has 9 heteroatoms. The first-order valence-corrected chi connectivity index (χ1v) is 3.67. The Morgan fingerprint density at radius 2 is 0.706 bits per heavy atom. The average Bonchev–Trinajstić information content (AvgIpc) is 1.76. The van der Waals surface area contributed by atoms with Crippen molar-refractivity contribution < 1.29 is 56.7 Å². The molecule has 2 N–H and O–H groups in total. The molecule has 0 aliphatic rings. The SMILES string of the molecule is CC(=O)O.CC(=O)O.CC(=O)[O-].CC(=O)[O-].[Cu+2]. The van der Waals surface area contributed by atoms with Gasteiger partial charge in [-0.1, -0.05) is 0 Å². The van der Waals surface area contributed by atoms with Crippen LogP contribution in [0, 0.1) is 0 Å². The normalized spacial score (nSPS) is 5.88. The number of rotatable bonds is 0. The molecule has 0 atom stereocenters. The van der Waals surface area contributed by atoms with Crippen LogP contribution in [0.3, 0.4) is 0 Å². The molecule has 0 fully saturated rings. The Labute approximate surface area is 109 Å². The van der Waals surface area contributed by atoms with E-state index in [1.165, 1.54) is 0 Å². The maximum Gasteiger partial charge on any atom is 2.00 e. The zero-order valence-corrected chi connectivity index (χ0v) is 10.6. The predicted octanol–water partition coefficient (Wildman–Crippen LogP) is -2.31. The van der Waals surface area contributed by atoms with Gasteiger partial charge in [0.25, 0.3) is 11.9 Å². The van der Waals surface area contributed by atoms with Gasteiger partial charge < -0.3 is 30.0 Å². The first kappa shape index (κ1) is 29.5. The molecule has 0 aromatic rings. The van der Waals surface area contributed by atoms with Gasteiger partial charge in [-0.25, -0.2) is 0 Å². The van der Waals surface area contributed by atoms with Crippen LogP contribution in [0.25, 0.3) is 0 Å². The minimum Gasteiger partial charge on any atom is -0.550 e. The van der Waals surface area contributed by atoms with Crippen molar-refractivity contribution in [2.24, 2.45) is 0 Å². The summed E-state index contributed by atoms with van der Waals surface area (Å²) in [6, 6.07) is 0. The molecule has 1 radical (unpaired) electrons. The Morgan fingerprint density at radius 1 is 0.706 bits per heavy atom. The first-order chi connectivity index (χ1) is 6.93. The van der Waals surface area contributed by atoms with Crippen molar-refractivity contribution in [2.45, 2.75) is 27.7 Å². The van der Waals surface area contributed by atoms with Crippen LogP contribution in [0.5, 0.6) is 0 Å². The van der Waals surface area contributed by atoms with Crippen molar-refractivity contribution in [3.05, 3.63) is 0 Å². The second-order valence-electron chi connectivity index (χ2n) is 2.02. The summed E-state index contributed by atoms with van der Waals surface area (Å²) in [4.78, 5) is 35.8. The van der Waals surface area contributed by atoms with Crippen LogP contribution in [0.15, 0.2) is 0 Å². The number of aliphatic carboxylic acids is 4. The monoisotopic (exact) mass is 301 g/mol. The third-order valence-corrected chi connectivity index (χ3v) is 0. The van der Waals surface area contributed by atoms with Crippen LogP contribution in [0.4, 0.5) is 0 Å². The smallest absolute Gasteiger partial charge is 0.550 e. The third-order valence-electron chi connectivity index (χ3n) is 0. The summed E-state index contributed by atoms with van der Waals surface area (Å²) in [6.45, 7) is 4.11. The molecule has 0 aliphatic carbocycles. The van der Waals surface area contributed by atoms with Gasteiger partial charge in [0, 0.05) is 25.8 Å². The van der Waals surface area contributed by atoms with Gasteiger partial charge in [0.05, 0.1) is 0 Å². The summed E-state index contributed by atoms with van der Waals surface area (Å²) < 4.78 is 0. The van der Waals surface area contributed by atoms with Crippen LogP contribution >= 0.6 is 0 Å². The number of carbonyl (C=O) groups is 4. The van der Waals surface area contributed by atoms with E-state index in [4.69, 9.17) is 39.6 Å². The number of hydrogen-bond acceptors (Lipinski definition) is 6. The van der Waals surface area contributed by atoms with E-state index in [0.29, 0.717) is 0 Å². The fourth-order valence-electron chi connectivity index (χ4n) is 0. The van der Waals surface area contributed by atoms with Gasteiger partial charge in [-0.05, 0) is 13.8 Å². The molecule has 0 bridgehead atoms. The van der Waals surface area contributed by atoms with Gasteiger partial charge in [-0.3, -0.25) is 9.59 Å². The summed E-state index contributed by atoms with van der Waals surface area (Å²) >= 11 is 0. The Kier molecular flexibility index (Phi) is 41.5. The molecular weight excluding hydrogens is 288 g/mol. The maximum atomic E-state index is 9.00. The van der Waals surface area contributed by atoms with E-state index < -0.39 is 23.9 Å². The Bertz CT molecular complexity index is 162. The Hall–Kier alpha value is -1.60. The summed E-state index contributed by atoms with van der Waals surface area (Å²) in [7, 11) is 0. The van der Waals surface area contributed by atoms with Gasteiger partial charge in [-0.15, -0.1) is 0 Å². The minimum atomic E-state index is -1.08. The zero-order chi connectivity index (χ0) is 14.3. The maximum absolute atomic E-state index is 9.00. The van der Waals surface area contributed by atoms with E-state index in [9.17, 15) is 0 Å². The van der Waals surface area contributed by atoms with E-state index in [2.05, 4.69) is 0 Å². The van der Waals surface area contributed by atoms with Gasteiger partial charge in [0.1, 0.15) is 0 Å². The fourth-order valence-corrected chi connectivity index (χ4v) is 0. The van der Waals surface area contributed by atoms with Crippen LogP contribution in [-0.4, -0.2) is 34.1 Å². The molecule has 0 aromatic carbocycles. The summed E-state index contributed by atoms with van der Waals surface area (Å²) in [5, 5.41) is 32.6.